The lowest BCUT2D eigenvalue weighted by molar-refractivity contribution is -0.792. The number of nitrogens with zero attached hydrogens (tertiary/aromatic N) is 1. The van der Waals surface area contributed by atoms with Crippen molar-refractivity contribution in [1.82, 2.24) is 0 Å². The highest BCUT2D eigenvalue weighted by molar-refractivity contribution is 5.67. The molecule has 0 heterocycles. The standard InChI is InChI=1S/C6H14NO.ClH/c1-5-6(8)7(2,3)4;/h5H2,1-4H3;1H/q+1;/p-1. The van der Waals surface area contributed by atoms with Gasteiger partial charge in [0.15, 0.2) is 0 Å². The van der Waals surface area contributed by atoms with E-state index in [-0.39, 0.29) is 18.3 Å². The third-order valence-electron chi connectivity index (χ3n) is 1.05. The van der Waals surface area contributed by atoms with Gasteiger partial charge in [-0.15, -0.1) is 0 Å². The van der Waals surface area contributed by atoms with Crippen LogP contribution in [-0.2, 0) is 4.79 Å². The highest BCUT2D eigenvalue weighted by Crippen LogP contribution is 1.94. The molecule has 0 saturated heterocycles. The van der Waals surface area contributed by atoms with Gasteiger partial charge in [0, 0.05) is 0 Å². The minimum Gasteiger partial charge on any atom is -1.00 e. The Labute approximate surface area is 62.8 Å². The van der Waals surface area contributed by atoms with Crippen molar-refractivity contribution in [3.8, 4) is 0 Å². The van der Waals surface area contributed by atoms with Gasteiger partial charge in [0.05, 0.1) is 27.6 Å². The molecule has 0 aliphatic heterocycles. The maximum atomic E-state index is 10.8. The number of hydrogen-bond donors (Lipinski definition) is 0. The van der Waals surface area contributed by atoms with Crippen LogP contribution in [0.4, 0.5) is 0 Å². The van der Waals surface area contributed by atoms with Crippen LogP contribution in [0.1, 0.15) is 13.3 Å². The smallest absolute Gasteiger partial charge is 0.312 e. The van der Waals surface area contributed by atoms with Crippen molar-refractivity contribution in [3.63, 3.8) is 0 Å². The Kier molecular flexibility index (Phi) is 5.00. The zero-order chi connectivity index (χ0) is 6.78. The van der Waals surface area contributed by atoms with Crippen LogP contribution < -0.4 is 12.4 Å². The second kappa shape index (κ2) is 3.85. The van der Waals surface area contributed by atoms with E-state index in [0.29, 0.717) is 10.9 Å². The van der Waals surface area contributed by atoms with E-state index in [4.69, 9.17) is 0 Å². The topological polar surface area (TPSA) is 17.1 Å². The summed E-state index contributed by atoms with van der Waals surface area (Å²) in [5.74, 6) is 0.269. The molecule has 0 aromatic heterocycles. The molecule has 0 saturated carbocycles. The first-order chi connectivity index (χ1) is 3.48. The first-order valence-corrected chi connectivity index (χ1v) is 2.83. The van der Waals surface area contributed by atoms with Gasteiger partial charge in [0.25, 0.3) is 0 Å². The first kappa shape index (κ1) is 11.7. The lowest BCUT2D eigenvalue weighted by Crippen LogP contribution is -3.00. The average molecular weight is 152 g/mol. The summed E-state index contributed by atoms with van der Waals surface area (Å²) in [6, 6.07) is 0. The fraction of sp³-hybridized carbons (Fsp3) is 0.833. The van der Waals surface area contributed by atoms with Crippen molar-refractivity contribution >= 4 is 5.91 Å². The quantitative estimate of drug-likeness (QED) is 0.383. The predicted molar refractivity (Wildman–Crippen MR) is 33.3 cm³/mol. The van der Waals surface area contributed by atoms with E-state index < -0.39 is 0 Å². The van der Waals surface area contributed by atoms with Gasteiger partial charge >= 0.3 is 5.91 Å². The van der Waals surface area contributed by atoms with E-state index in [2.05, 4.69) is 0 Å². The molecule has 0 aliphatic rings. The SMILES string of the molecule is CCC(=O)[N+](C)(C)C.[Cl-]. The highest BCUT2D eigenvalue weighted by atomic mass is 35.5. The molecule has 0 N–H and O–H groups in total. The predicted octanol–water partition coefficient (Wildman–Crippen LogP) is -2.37. The van der Waals surface area contributed by atoms with Crippen molar-refractivity contribution in [2.45, 2.75) is 13.3 Å². The fourth-order valence-corrected chi connectivity index (χ4v) is 0.474. The number of hydrogen-bond acceptors (Lipinski definition) is 1. The Balaban J connectivity index is 0. The van der Waals surface area contributed by atoms with Crippen molar-refractivity contribution in [1.29, 1.82) is 0 Å². The van der Waals surface area contributed by atoms with Crippen LogP contribution >= 0.6 is 0 Å². The maximum absolute atomic E-state index is 10.8. The van der Waals surface area contributed by atoms with Gasteiger partial charge in [-0.3, -0.25) is 4.48 Å². The third kappa shape index (κ3) is 4.43. The molecule has 9 heavy (non-hydrogen) atoms. The minimum atomic E-state index is 0. The van der Waals surface area contributed by atoms with Crippen LogP contribution in [0.15, 0.2) is 0 Å². The van der Waals surface area contributed by atoms with Crippen molar-refractivity contribution in [2.75, 3.05) is 21.1 Å². The summed E-state index contributed by atoms with van der Waals surface area (Å²) in [5.41, 5.74) is 0. The summed E-state index contributed by atoms with van der Waals surface area (Å²) in [6.45, 7) is 1.88. The number of carbonyl (C=O) groups is 1. The summed E-state index contributed by atoms with van der Waals surface area (Å²) < 4.78 is 0.441. The lowest BCUT2D eigenvalue weighted by Gasteiger charge is -2.19. The van der Waals surface area contributed by atoms with E-state index in [1.165, 1.54) is 0 Å². The molecule has 0 atom stereocenters. The lowest BCUT2D eigenvalue weighted by atomic mass is 10.4. The third-order valence-corrected chi connectivity index (χ3v) is 1.05. The molecule has 3 heteroatoms. The molecule has 0 spiro atoms. The number of amides is 1. The van der Waals surface area contributed by atoms with Crippen LogP contribution in [-0.4, -0.2) is 31.5 Å². The summed E-state index contributed by atoms with van der Waals surface area (Å²) in [4.78, 5) is 10.8. The summed E-state index contributed by atoms with van der Waals surface area (Å²) in [6.07, 6.45) is 0.628. The molecule has 0 aliphatic carbocycles. The molecule has 0 unspecified atom stereocenters. The van der Waals surface area contributed by atoms with Gasteiger partial charge in [-0.1, -0.05) is 6.92 Å². The van der Waals surface area contributed by atoms with Gasteiger partial charge in [-0.05, 0) is 0 Å². The van der Waals surface area contributed by atoms with Gasteiger partial charge in [0.2, 0.25) is 0 Å². The molecule has 0 aromatic rings. The van der Waals surface area contributed by atoms with E-state index in [0.717, 1.165) is 0 Å². The Bertz CT molecular complexity index is 95.7. The maximum Gasteiger partial charge on any atom is 0.312 e. The van der Waals surface area contributed by atoms with Gasteiger partial charge < -0.3 is 12.4 Å². The molecule has 0 fully saturated rings. The van der Waals surface area contributed by atoms with E-state index >= 15 is 0 Å². The van der Waals surface area contributed by atoms with Crippen LogP contribution in [0.2, 0.25) is 0 Å². The zero-order valence-electron chi connectivity index (χ0n) is 6.44. The average Bonchev–Trinajstić information content (AvgIpc) is 1.62. The van der Waals surface area contributed by atoms with Gasteiger partial charge in [0.1, 0.15) is 0 Å². The summed E-state index contributed by atoms with van der Waals surface area (Å²) in [5, 5.41) is 0. The van der Waals surface area contributed by atoms with Crippen molar-refractivity contribution < 1.29 is 21.7 Å². The largest absolute Gasteiger partial charge is 1.00 e. The van der Waals surface area contributed by atoms with Crippen LogP contribution in [0.25, 0.3) is 0 Å². The number of carbonyl (C=O) groups excluding carboxylic acids is 1. The van der Waals surface area contributed by atoms with E-state index in [1.807, 2.05) is 28.1 Å². The second-order valence-corrected chi connectivity index (χ2v) is 2.76. The van der Waals surface area contributed by atoms with Crippen molar-refractivity contribution in [3.05, 3.63) is 0 Å². The zero-order valence-corrected chi connectivity index (χ0v) is 7.20. The summed E-state index contributed by atoms with van der Waals surface area (Å²) >= 11 is 0. The minimum absolute atomic E-state index is 0. The Morgan fingerprint density at radius 2 is 1.67 bits per heavy atom. The summed E-state index contributed by atoms with van der Waals surface area (Å²) in [7, 11) is 5.64. The molecule has 2 nitrogen and oxygen atoms in total. The van der Waals surface area contributed by atoms with Crippen LogP contribution in [0.3, 0.4) is 0 Å². The molecule has 0 aromatic carbocycles. The number of halogens is 1. The van der Waals surface area contributed by atoms with Gasteiger partial charge in [-0.2, -0.15) is 0 Å². The highest BCUT2D eigenvalue weighted by Gasteiger charge is 2.16. The molecule has 0 radical (unpaired) electrons. The van der Waals surface area contributed by atoms with Crippen molar-refractivity contribution in [2.24, 2.45) is 0 Å². The Morgan fingerprint density at radius 1 is 1.33 bits per heavy atom. The van der Waals surface area contributed by atoms with Crippen LogP contribution in [0, 0.1) is 0 Å². The monoisotopic (exact) mass is 151 g/mol. The number of quaternary nitrogens is 1. The molecule has 0 bridgehead atoms. The van der Waals surface area contributed by atoms with Gasteiger partial charge in [-0.25, -0.2) is 4.79 Å². The van der Waals surface area contributed by atoms with Crippen LogP contribution in [0.5, 0.6) is 0 Å². The Morgan fingerprint density at radius 3 is 1.67 bits per heavy atom. The molecule has 0 rings (SSSR count). The number of rotatable bonds is 1. The fourth-order valence-electron chi connectivity index (χ4n) is 0.474. The Hall–Kier alpha value is -0.0800. The normalized spacial score (nSPS) is 10.2. The molecular formula is C6H14ClNO. The molecule has 56 valence electrons. The second-order valence-electron chi connectivity index (χ2n) is 2.76. The van der Waals surface area contributed by atoms with E-state index in [1.54, 1.807) is 0 Å². The van der Waals surface area contributed by atoms with E-state index in [9.17, 15) is 4.79 Å². The first-order valence-electron chi connectivity index (χ1n) is 2.83. The molecule has 1 amide bonds. The molecular weight excluding hydrogens is 138 g/mol.